The standard InChI is InChI=1S/C9H18N2O2/c1-4-11-9(5-10)7-13-8(2)6-12-3/h8-9,11H,4,6-7H2,1-3H3. The van der Waals surface area contributed by atoms with Crippen LogP contribution in [-0.4, -0.2) is 39.0 Å². The lowest BCUT2D eigenvalue weighted by Crippen LogP contribution is -2.33. The van der Waals surface area contributed by atoms with Gasteiger partial charge in [0.1, 0.15) is 6.04 Å². The van der Waals surface area contributed by atoms with Crippen LogP contribution in [0.15, 0.2) is 0 Å². The van der Waals surface area contributed by atoms with Gasteiger partial charge in [0, 0.05) is 7.11 Å². The molecule has 0 spiro atoms. The van der Waals surface area contributed by atoms with Crippen LogP contribution in [0.4, 0.5) is 0 Å². The zero-order valence-electron chi connectivity index (χ0n) is 8.54. The van der Waals surface area contributed by atoms with Gasteiger partial charge in [-0.05, 0) is 13.5 Å². The Balaban J connectivity index is 3.54. The number of nitriles is 1. The van der Waals surface area contributed by atoms with Crippen molar-refractivity contribution in [2.24, 2.45) is 0 Å². The van der Waals surface area contributed by atoms with E-state index in [2.05, 4.69) is 11.4 Å². The van der Waals surface area contributed by atoms with E-state index < -0.39 is 0 Å². The van der Waals surface area contributed by atoms with Gasteiger partial charge in [0.05, 0.1) is 25.4 Å². The Morgan fingerprint density at radius 3 is 2.62 bits per heavy atom. The highest BCUT2D eigenvalue weighted by molar-refractivity contribution is 4.89. The molecule has 4 nitrogen and oxygen atoms in total. The van der Waals surface area contributed by atoms with E-state index in [1.54, 1.807) is 7.11 Å². The summed E-state index contributed by atoms with van der Waals surface area (Å²) < 4.78 is 10.3. The summed E-state index contributed by atoms with van der Waals surface area (Å²) in [6.45, 7) is 5.63. The maximum absolute atomic E-state index is 8.68. The van der Waals surface area contributed by atoms with Crippen molar-refractivity contribution in [1.82, 2.24) is 5.32 Å². The highest BCUT2D eigenvalue weighted by atomic mass is 16.5. The van der Waals surface area contributed by atoms with Gasteiger partial charge < -0.3 is 14.8 Å². The second-order valence-corrected chi connectivity index (χ2v) is 2.84. The van der Waals surface area contributed by atoms with E-state index in [1.807, 2.05) is 13.8 Å². The van der Waals surface area contributed by atoms with E-state index >= 15 is 0 Å². The zero-order valence-corrected chi connectivity index (χ0v) is 8.54. The summed E-state index contributed by atoms with van der Waals surface area (Å²) in [7, 11) is 1.63. The molecule has 2 unspecified atom stereocenters. The Morgan fingerprint density at radius 1 is 1.46 bits per heavy atom. The number of ether oxygens (including phenoxy) is 2. The highest BCUT2D eigenvalue weighted by Gasteiger charge is 2.08. The first-order valence-electron chi connectivity index (χ1n) is 4.48. The normalized spacial score (nSPS) is 14.9. The average Bonchev–Trinajstić information content (AvgIpc) is 2.12. The Morgan fingerprint density at radius 2 is 2.15 bits per heavy atom. The molecule has 0 aliphatic rings. The monoisotopic (exact) mass is 186 g/mol. The first-order chi connectivity index (χ1) is 6.24. The topological polar surface area (TPSA) is 54.3 Å². The number of rotatable bonds is 7. The van der Waals surface area contributed by atoms with Gasteiger partial charge in [-0.15, -0.1) is 0 Å². The fourth-order valence-corrected chi connectivity index (χ4v) is 0.932. The summed E-state index contributed by atoms with van der Waals surface area (Å²) >= 11 is 0. The maximum Gasteiger partial charge on any atom is 0.119 e. The summed E-state index contributed by atoms with van der Waals surface area (Å²) in [5, 5.41) is 11.7. The Bertz CT molecular complexity index is 156. The first kappa shape index (κ1) is 12.4. The van der Waals surface area contributed by atoms with Crippen LogP contribution in [0, 0.1) is 11.3 Å². The molecule has 0 saturated carbocycles. The minimum absolute atomic E-state index is 0.0412. The second kappa shape index (κ2) is 7.99. The number of likely N-dealkylation sites (N-methyl/N-ethyl adjacent to an activating group) is 1. The molecule has 13 heavy (non-hydrogen) atoms. The van der Waals surface area contributed by atoms with E-state index in [-0.39, 0.29) is 12.1 Å². The minimum Gasteiger partial charge on any atom is -0.382 e. The molecule has 76 valence electrons. The van der Waals surface area contributed by atoms with E-state index in [0.29, 0.717) is 13.2 Å². The van der Waals surface area contributed by atoms with Gasteiger partial charge >= 0.3 is 0 Å². The number of hydrogen-bond donors (Lipinski definition) is 1. The lowest BCUT2D eigenvalue weighted by molar-refractivity contribution is 0.00507. The van der Waals surface area contributed by atoms with E-state index in [4.69, 9.17) is 14.7 Å². The van der Waals surface area contributed by atoms with Gasteiger partial charge in [0.2, 0.25) is 0 Å². The Kier molecular flexibility index (Phi) is 7.60. The predicted molar refractivity (Wildman–Crippen MR) is 50.4 cm³/mol. The molecule has 0 heterocycles. The molecule has 0 saturated heterocycles. The quantitative estimate of drug-likeness (QED) is 0.630. The zero-order chi connectivity index (χ0) is 10.1. The summed E-state index contributed by atoms with van der Waals surface area (Å²) in [4.78, 5) is 0. The maximum atomic E-state index is 8.68. The molecule has 0 amide bonds. The molecule has 0 rings (SSSR count). The van der Waals surface area contributed by atoms with Crippen LogP contribution in [-0.2, 0) is 9.47 Å². The third-order valence-electron chi connectivity index (χ3n) is 1.56. The van der Waals surface area contributed by atoms with Crippen LogP contribution in [0.3, 0.4) is 0 Å². The van der Waals surface area contributed by atoms with E-state index in [1.165, 1.54) is 0 Å². The number of methoxy groups -OCH3 is 1. The van der Waals surface area contributed by atoms with Crippen molar-refractivity contribution in [3.63, 3.8) is 0 Å². The number of nitrogens with zero attached hydrogens (tertiary/aromatic N) is 1. The Labute approximate surface area is 79.8 Å². The molecule has 0 radical (unpaired) electrons. The molecule has 2 atom stereocenters. The summed E-state index contributed by atoms with van der Waals surface area (Å²) in [5.74, 6) is 0. The highest BCUT2D eigenvalue weighted by Crippen LogP contribution is 1.93. The van der Waals surface area contributed by atoms with Crippen LogP contribution in [0.2, 0.25) is 0 Å². The molecular formula is C9H18N2O2. The lowest BCUT2D eigenvalue weighted by Gasteiger charge is -2.15. The van der Waals surface area contributed by atoms with Gasteiger partial charge in [-0.2, -0.15) is 5.26 Å². The van der Waals surface area contributed by atoms with Gasteiger partial charge in [-0.25, -0.2) is 0 Å². The van der Waals surface area contributed by atoms with Crippen molar-refractivity contribution >= 4 is 0 Å². The predicted octanol–water partition coefficient (Wildman–Crippen LogP) is 0.540. The fraction of sp³-hybridized carbons (Fsp3) is 0.889. The third-order valence-corrected chi connectivity index (χ3v) is 1.56. The minimum atomic E-state index is -0.218. The van der Waals surface area contributed by atoms with E-state index in [0.717, 1.165) is 6.54 Å². The van der Waals surface area contributed by atoms with E-state index in [9.17, 15) is 0 Å². The van der Waals surface area contributed by atoms with Gasteiger partial charge in [0.15, 0.2) is 0 Å². The molecule has 1 N–H and O–H groups in total. The Hall–Kier alpha value is -0.630. The first-order valence-corrected chi connectivity index (χ1v) is 4.48. The molecular weight excluding hydrogens is 168 g/mol. The molecule has 0 aliphatic heterocycles. The van der Waals surface area contributed by atoms with Crippen LogP contribution in [0.1, 0.15) is 13.8 Å². The summed E-state index contributed by atoms with van der Waals surface area (Å²) in [6.07, 6.45) is 0.0412. The van der Waals surface area contributed by atoms with Crippen LogP contribution >= 0.6 is 0 Å². The summed E-state index contributed by atoms with van der Waals surface area (Å²) in [6, 6.07) is 1.91. The summed E-state index contributed by atoms with van der Waals surface area (Å²) in [5.41, 5.74) is 0. The van der Waals surface area contributed by atoms with Crippen molar-refractivity contribution in [3.8, 4) is 6.07 Å². The van der Waals surface area contributed by atoms with Crippen LogP contribution in [0.5, 0.6) is 0 Å². The molecule has 0 bridgehead atoms. The van der Waals surface area contributed by atoms with Crippen molar-refractivity contribution in [3.05, 3.63) is 0 Å². The number of nitrogens with one attached hydrogen (secondary N) is 1. The SMILES string of the molecule is CCNC(C#N)COC(C)COC. The van der Waals surface area contributed by atoms with Crippen molar-refractivity contribution in [1.29, 1.82) is 5.26 Å². The molecule has 0 aromatic heterocycles. The number of hydrogen-bond acceptors (Lipinski definition) is 4. The lowest BCUT2D eigenvalue weighted by atomic mass is 10.3. The second-order valence-electron chi connectivity index (χ2n) is 2.84. The van der Waals surface area contributed by atoms with Gasteiger partial charge in [0.25, 0.3) is 0 Å². The fourth-order valence-electron chi connectivity index (χ4n) is 0.932. The largest absolute Gasteiger partial charge is 0.382 e. The smallest absolute Gasteiger partial charge is 0.119 e. The molecule has 4 heteroatoms. The molecule has 0 aromatic rings. The molecule has 0 aliphatic carbocycles. The molecule has 0 fully saturated rings. The van der Waals surface area contributed by atoms with Crippen molar-refractivity contribution in [2.75, 3.05) is 26.9 Å². The van der Waals surface area contributed by atoms with Crippen molar-refractivity contribution < 1.29 is 9.47 Å². The van der Waals surface area contributed by atoms with Crippen molar-refractivity contribution in [2.45, 2.75) is 26.0 Å². The van der Waals surface area contributed by atoms with Gasteiger partial charge in [-0.3, -0.25) is 0 Å². The third kappa shape index (κ3) is 6.52. The molecule has 0 aromatic carbocycles. The average molecular weight is 186 g/mol. The van der Waals surface area contributed by atoms with Crippen LogP contribution in [0.25, 0.3) is 0 Å². The van der Waals surface area contributed by atoms with Gasteiger partial charge in [-0.1, -0.05) is 6.92 Å². The van der Waals surface area contributed by atoms with Crippen LogP contribution < -0.4 is 5.32 Å².